The molecule has 1 aromatic rings. The average molecular weight is 369 g/mol. The number of hydrogen-bond acceptors (Lipinski definition) is 2. The third-order valence-corrected chi connectivity index (χ3v) is 3.34. The normalized spacial score (nSPS) is 10.7. The van der Waals surface area contributed by atoms with Gasteiger partial charge >= 0.3 is 0 Å². The zero-order valence-corrected chi connectivity index (χ0v) is 14.7. The van der Waals surface area contributed by atoms with Crippen LogP contribution < -0.4 is 4.74 Å². The van der Waals surface area contributed by atoms with E-state index in [2.05, 4.69) is 15.9 Å². The maximum Gasteiger partial charge on any atom is 0.165 e. The molecule has 2 nitrogen and oxygen atoms in total. The number of allylic oxidation sites excluding steroid dienone is 3. The van der Waals surface area contributed by atoms with Gasteiger partial charge in [0.05, 0.1) is 0 Å². The number of carbonyl (C=O) groups is 1. The standard InChI is InChI=1S/C18H22BrFO2/c1-14(2)6-5-7-16(21)12-15-8-9-18(17(20)13-15)22-11-4-3-10-19/h3-4,6,8-9,13H,5,7,10-12H2,1-2H3. The fraction of sp³-hybridized carbons (Fsp3) is 0.389. The molecule has 120 valence electrons. The molecule has 22 heavy (non-hydrogen) atoms. The summed E-state index contributed by atoms with van der Waals surface area (Å²) in [5.74, 6) is -0.104. The maximum absolute atomic E-state index is 13.9. The largest absolute Gasteiger partial charge is 0.486 e. The second-order valence-corrected chi connectivity index (χ2v) is 5.88. The molecule has 1 rings (SSSR count). The van der Waals surface area contributed by atoms with Gasteiger partial charge < -0.3 is 4.74 Å². The first kappa shape index (κ1) is 18.6. The Balaban J connectivity index is 2.52. The summed E-state index contributed by atoms with van der Waals surface area (Å²) in [7, 11) is 0. The molecule has 0 saturated heterocycles. The highest BCUT2D eigenvalue weighted by Gasteiger charge is 2.08. The van der Waals surface area contributed by atoms with Crippen LogP contribution in [0, 0.1) is 5.82 Å². The van der Waals surface area contributed by atoms with Crippen molar-refractivity contribution < 1.29 is 13.9 Å². The third-order valence-electron chi connectivity index (χ3n) is 2.96. The molecule has 0 fully saturated rings. The van der Waals surface area contributed by atoms with Crippen molar-refractivity contribution >= 4 is 21.7 Å². The number of alkyl halides is 1. The van der Waals surface area contributed by atoms with E-state index in [-0.39, 0.29) is 18.0 Å². The Morgan fingerprint density at radius 3 is 2.73 bits per heavy atom. The SMILES string of the molecule is CC(C)=CCCC(=O)Cc1ccc(OCC=CCBr)c(F)c1. The minimum absolute atomic E-state index is 0.117. The molecular weight excluding hydrogens is 347 g/mol. The first-order valence-corrected chi connectivity index (χ1v) is 8.42. The van der Waals surface area contributed by atoms with E-state index in [9.17, 15) is 9.18 Å². The van der Waals surface area contributed by atoms with E-state index >= 15 is 0 Å². The lowest BCUT2D eigenvalue weighted by atomic mass is 10.0. The summed E-state index contributed by atoms with van der Waals surface area (Å²) >= 11 is 3.26. The second kappa shape index (κ2) is 10.3. The van der Waals surface area contributed by atoms with Gasteiger partial charge in [0.2, 0.25) is 0 Å². The molecule has 0 aliphatic rings. The van der Waals surface area contributed by atoms with Crippen molar-refractivity contribution in [3.05, 3.63) is 53.4 Å². The first-order chi connectivity index (χ1) is 10.5. The van der Waals surface area contributed by atoms with Crippen LogP contribution in [0.15, 0.2) is 42.0 Å². The number of hydrogen-bond donors (Lipinski definition) is 0. The summed E-state index contributed by atoms with van der Waals surface area (Å²) in [5, 5.41) is 0.743. The van der Waals surface area contributed by atoms with Crippen LogP contribution in [-0.2, 0) is 11.2 Å². The van der Waals surface area contributed by atoms with Gasteiger partial charge in [0.15, 0.2) is 11.6 Å². The summed E-state index contributed by atoms with van der Waals surface area (Å²) in [4.78, 5) is 11.8. The van der Waals surface area contributed by atoms with Crippen LogP contribution in [0.3, 0.4) is 0 Å². The zero-order valence-electron chi connectivity index (χ0n) is 13.1. The summed E-state index contributed by atoms with van der Waals surface area (Å²) in [5.41, 5.74) is 1.89. The third kappa shape index (κ3) is 7.55. The highest BCUT2D eigenvalue weighted by Crippen LogP contribution is 2.19. The molecule has 0 N–H and O–H groups in total. The Kier molecular flexibility index (Phi) is 8.75. The van der Waals surface area contributed by atoms with Crippen LogP contribution in [-0.4, -0.2) is 17.7 Å². The maximum atomic E-state index is 13.9. The molecule has 0 aliphatic heterocycles. The Morgan fingerprint density at radius 2 is 2.09 bits per heavy atom. The Hall–Kier alpha value is -1.42. The van der Waals surface area contributed by atoms with Gasteiger partial charge in [0.1, 0.15) is 12.4 Å². The predicted molar refractivity (Wildman–Crippen MR) is 92.2 cm³/mol. The molecule has 0 radical (unpaired) electrons. The fourth-order valence-electron chi connectivity index (χ4n) is 1.88. The number of ether oxygens (including phenoxy) is 1. The van der Waals surface area contributed by atoms with Crippen molar-refractivity contribution in [2.45, 2.75) is 33.1 Å². The number of Topliss-reactive ketones (excluding diaryl/α,β-unsaturated/α-hetero) is 1. The molecule has 0 bridgehead atoms. The average Bonchev–Trinajstić information content (AvgIpc) is 2.45. The lowest BCUT2D eigenvalue weighted by molar-refractivity contribution is -0.118. The summed E-state index contributed by atoms with van der Waals surface area (Å²) in [6.45, 7) is 4.33. The van der Waals surface area contributed by atoms with Crippen LogP contribution in [0.5, 0.6) is 5.75 Å². The van der Waals surface area contributed by atoms with E-state index in [4.69, 9.17) is 4.74 Å². The van der Waals surface area contributed by atoms with Crippen molar-refractivity contribution in [1.29, 1.82) is 0 Å². The highest BCUT2D eigenvalue weighted by atomic mass is 79.9. The van der Waals surface area contributed by atoms with Crippen molar-refractivity contribution in [1.82, 2.24) is 0 Å². The van der Waals surface area contributed by atoms with Crippen molar-refractivity contribution in [2.75, 3.05) is 11.9 Å². The van der Waals surface area contributed by atoms with Gasteiger partial charge in [-0.1, -0.05) is 45.8 Å². The number of ketones is 1. The lowest BCUT2D eigenvalue weighted by Crippen LogP contribution is -2.03. The Labute approximate surface area is 140 Å². The van der Waals surface area contributed by atoms with E-state index in [0.29, 0.717) is 18.6 Å². The highest BCUT2D eigenvalue weighted by molar-refractivity contribution is 9.09. The first-order valence-electron chi connectivity index (χ1n) is 7.30. The Bertz CT molecular complexity index is 546. The van der Waals surface area contributed by atoms with E-state index in [0.717, 1.165) is 11.8 Å². The smallest absolute Gasteiger partial charge is 0.165 e. The Morgan fingerprint density at radius 1 is 1.32 bits per heavy atom. The molecule has 0 aliphatic carbocycles. The number of rotatable bonds is 9. The second-order valence-electron chi connectivity index (χ2n) is 5.24. The lowest BCUT2D eigenvalue weighted by Gasteiger charge is -2.07. The topological polar surface area (TPSA) is 26.3 Å². The van der Waals surface area contributed by atoms with E-state index in [1.165, 1.54) is 11.6 Å². The number of benzene rings is 1. The van der Waals surface area contributed by atoms with E-state index in [1.54, 1.807) is 12.1 Å². The number of carbonyl (C=O) groups excluding carboxylic acids is 1. The molecule has 0 unspecified atom stereocenters. The molecule has 0 saturated carbocycles. The predicted octanol–water partition coefficient (Wildman–Crippen LogP) is 5.01. The molecule has 0 aromatic heterocycles. The van der Waals surface area contributed by atoms with Gasteiger partial charge in [-0.25, -0.2) is 4.39 Å². The number of halogens is 2. The molecular formula is C18H22BrFO2. The minimum atomic E-state index is -0.429. The van der Waals surface area contributed by atoms with Crippen LogP contribution in [0.25, 0.3) is 0 Å². The van der Waals surface area contributed by atoms with Crippen molar-refractivity contribution in [3.8, 4) is 5.75 Å². The van der Waals surface area contributed by atoms with E-state index < -0.39 is 5.82 Å². The van der Waals surface area contributed by atoms with Crippen LogP contribution in [0.2, 0.25) is 0 Å². The zero-order chi connectivity index (χ0) is 16.4. The van der Waals surface area contributed by atoms with Gasteiger partial charge in [-0.2, -0.15) is 0 Å². The fourth-order valence-corrected chi connectivity index (χ4v) is 2.14. The van der Waals surface area contributed by atoms with Crippen LogP contribution in [0.1, 0.15) is 32.3 Å². The van der Waals surface area contributed by atoms with Gasteiger partial charge in [-0.15, -0.1) is 0 Å². The van der Waals surface area contributed by atoms with Crippen LogP contribution >= 0.6 is 15.9 Å². The van der Waals surface area contributed by atoms with E-state index in [1.807, 2.05) is 32.1 Å². The van der Waals surface area contributed by atoms with Gasteiger partial charge in [0.25, 0.3) is 0 Å². The molecule has 0 heterocycles. The summed E-state index contributed by atoms with van der Waals surface area (Å²) < 4.78 is 19.2. The molecule has 1 aromatic carbocycles. The molecule has 0 spiro atoms. The van der Waals surface area contributed by atoms with Crippen molar-refractivity contribution in [3.63, 3.8) is 0 Å². The van der Waals surface area contributed by atoms with Gasteiger partial charge in [-0.05, 0) is 38.0 Å². The van der Waals surface area contributed by atoms with Crippen LogP contribution in [0.4, 0.5) is 4.39 Å². The monoisotopic (exact) mass is 368 g/mol. The summed E-state index contributed by atoms with van der Waals surface area (Å²) in [6.07, 6.45) is 7.23. The van der Waals surface area contributed by atoms with Crippen molar-refractivity contribution in [2.24, 2.45) is 0 Å². The van der Waals surface area contributed by atoms with Gasteiger partial charge in [0, 0.05) is 18.2 Å². The molecule has 0 atom stereocenters. The molecule has 4 heteroatoms. The quantitative estimate of drug-likeness (QED) is 0.452. The van der Waals surface area contributed by atoms with Gasteiger partial charge in [-0.3, -0.25) is 4.79 Å². The summed E-state index contributed by atoms with van der Waals surface area (Å²) in [6, 6.07) is 4.70. The minimum Gasteiger partial charge on any atom is -0.486 e. The molecule has 0 amide bonds.